The number of hydrogen-bond acceptors (Lipinski definition) is 3. The van der Waals surface area contributed by atoms with Crippen LogP contribution in [0, 0.1) is 0 Å². The molecule has 0 spiro atoms. The first kappa shape index (κ1) is 11.7. The molecule has 88 valence electrons. The molecule has 0 saturated carbocycles. The van der Waals surface area contributed by atoms with E-state index < -0.39 is 0 Å². The average molecular weight is 248 g/mol. The first-order valence-corrected chi connectivity index (χ1v) is 5.86. The molecule has 2 rings (SSSR count). The maximum atomic E-state index is 5.81. The molecule has 0 amide bonds. The van der Waals surface area contributed by atoms with Crippen molar-refractivity contribution in [2.45, 2.75) is 0 Å². The maximum absolute atomic E-state index is 5.81. The molecule has 0 unspecified atom stereocenters. The fourth-order valence-electron chi connectivity index (χ4n) is 1.45. The van der Waals surface area contributed by atoms with Gasteiger partial charge in [-0.1, -0.05) is 11.6 Å². The molecule has 1 aromatic carbocycles. The predicted molar refractivity (Wildman–Crippen MR) is 72.7 cm³/mol. The molecular formula is C13H14ClN3. The fourth-order valence-corrected chi connectivity index (χ4v) is 1.57. The number of anilines is 2. The van der Waals surface area contributed by atoms with Crippen molar-refractivity contribution in [2.24, 2.45) is 0 Å². The summed E-state index contributed by atoms with van der Waals surface area (Å²) in [6.45, 7) is 1.69. The standard InChI is InChI=1S/C13H14ClN3/c14-11-3-5-12(6-4-11)16-8-9-17-13-2-1-7-15-10-13/h1-7,10,16-17H,8-9H2. The Kier molecular flexibility index (Phi) is 4.22. The second-order valence-electron chi connectivity index (χ2n) is 3.60. The molecule has 1 aromatic heterocycles. The summed E-state index contributed by atoms with van der Waals surface area (Å²) < 4.78 is 0. The summed E-state index contributed by atoms with van der Waals surface area (Å²) in [4.78, 5) is 4.03. The molecule has 2 aromatic rings. The third-order valence-electron chi connectivity index (χ3n) is 2.29. The van der Waals surface area contributed by atoms with Crippen LogP contribution in [0.3, 0.4) is 0 Å². The van der Waals surface area contributed by atoms with Crippen molar-refractivity contribution in [2.75, 3.05) is 23.7 Å². The topological polar surface area (TPSA) is 37.0 Å². The number of pyridine rings is 1. The van der Waals surface area contributed by atoms with E-state index in [1.165, 1.54) is 0 Å². The van der Waals surface area contributed by atoms with E-state index in [4.69, 9.17) is 11.6 Å². The molecule has 1 heterocycles. The molecule has 0 saturated heterocycles. The highest BCUT2D eigenvalue weighted by Gasteiger charge is 1.92. The first-order valence-electron chi connectivity index (χ1n) is 5.48. The maximum Gasteiger partial charge on any atom is 0.0527 e. The Labute approximate surface area is 106 Å². The van der Waals surface area contributed by atoms with E-state index in [1.807, 2.05) is 42.6 Å². The zero-order valence-corrected chi connectivity index (χ0v) is 10.1. The summed E-state index contributed by atoms with van der Waals surface area (Å²) in [5.74, 6) is 0. The number of halogens is 1. The molecule has 0 aliphatic rings. The van der Waals surface area contributed by atoms with Crippen molar-refractivity contribution in [1.29, 1.82) is 0 Å². The van der Waals surface area contributed by atoms with Gasteiger partial charge in [0.1, 0.15) is 0 Å². The fraction of sp³-hybridized carbons (Fsp3) is 0.154. The van der Waals surface area contributed by atoms with Crippen molar-refractivity contribution in [3.05, 3.63) is 53.8 Å². The minimum atomic E-state index is 0.754. The van der Waals surface area contributed by atoms with E-state index in [2.05, 4.69) is 15.6 Å². The third kappa shape index (κ3) is 3.96. The number of rotatable bonds is 5. The SMILES string of the molecule is Clc1ccc(NCCNc2cccnc2)cc1. The third-order valence-corrected chi connectivity index (χ3v) is 2.54. The molecular weight excluding hydrogens is 234 g/mol. The molecule has 4 heteroatoms. The zero-order valence-electron chi connectivity index (χ0n) is 9.36. The van der Waals surface area contributed by atoms with Gasteiger partial charge in [0, 0.05) is 36.2 Å². The minimum absolute atomic E-state index is 0.754. The highest BCUT2D eigenvalue weighted by Crippen LogP contribution is 2.12. The average Bonchev–Trinajstić information content (AvgIpc) is 2.38. The molecule has 0 aliphatic heterocycles. The molecule has 0 atom stereocenters. The van der Waals surface area contributed by atoms with Gasteiger partial charge >= 0.3 is 0 Å². The van der Waals surface area contributed by atoms with Gasteiger partial charge in [-0.3, -0.25) is 4.98 Å². The van der Waals surface area contributed by atoms with Gasteiger partial charge in [0.15, 0.2) is 0 Å². The van der Waals surface area contributed by atoms with Crippen LogP contribution in [0.25, 0.3) is 0 Å². The number of nitrogens with zero attached hydrogens (tertiary/aromatic N) is 1. The summed E-state index contributed by atoms with van der Waals surface area (Å²) in [5, 5.41) is 7.33. The van der Waals surface area contributed by atoms with E-state index in [9.17, 15) is 0 Å². The highest BCUT2D eigenvalue weighted by atomic mass is 35.5. The van der Waals surface area contributed by atoms with Gasteiger partial charge in [-0.2, -0.15) is 0 Å². The Hall–Kier alpha value is -1.74. The van der Waals surface area contributed by atoms with Gasteiger partial charge in [0.05, 0.1) is 5.69 Å². The largest absolute Gasteiger partial charge is 0.383 e. The predicted octanol–water partition coefficient (Wildman–Crippen LogP) is 3.26. The lowest BCUT2D eigenvalue weighted by molar-refractivity contribution is 1.07. The van der Waals surface area contributed by atoms with Crippen LogP contribution < -0.4 is 10.6 Å². The van der Waals surface area contributed by atoms with Gasteiger partial charge in [0.25, 0.3) is 0 Å². The minimum Gasteiger partial charge on any atom is -0.383 e. The van der Waals surface area contributed by atoms with Gasteiger partial charge in [-0.05, 0) is 36.4 Å². The molecule has 17 heavy (non-hydrogen) atoms. The Morgan fingerprint density at radius 2 is 1.65 bits per heavy atom. The Balaban J connectivity index is 1.71. The smallest absolute Gasteiger partial charge is 0.0527 e. The molecule has 3 nitrogen and oxygen atoms in total. The lowest BCUT2D eigenvalue weighted by atomic mass is 10.3. The van der Waals surface area contributed by atoms with Gasteiger partial charge in [-0.15, -0.1) is 0 Å². The zero-order chi connectivity index (χ0) is 11.9. The van der Waals surface area contributed by atoms with Crippen LogP contribution in [-0.2, 0) is 0 Å². The quantitative estimate of drug-likeness (QED) is 0.797. The van der Waals surface area contributed by atoms with Crippen LogP contribution in [0.5, 0.6) is 0 Å². The number of benzene rings is 1. The van der Waals surface area contributed by atoms with Gasteiger partial charge in [0.2, 0.25) is 0 Å². The monoisotopic (exact) mass is 247 g/mol. The van der Waals surface area contributed by atoms with Crippen LogP contribution >= 0.6 is 11.6 Å². The summed E-state index contributed by atoms with van der Waals surface area (Å²) in [6, 6.07) is 11.6. The Morgan fingerprint density at radius 3 is 2.29 bits per heavy atom. The van der Waals surface area contributed by atoms with E-state index in [0.29, 0.717) is 0 Å². The lowest BCUT2D eigenvalue weighted by Gasteiger charge is -2.08. The van der Waals surface area contributed by atoms with Crippen molar-refractivity contribution >= 4 is 23.0 Å². The highest BCUT2D eigenvalue weighted by molar-refractivity contribution is 6.30. The summed E-state index contributed by atoms with van der Waals surface area (Å²) in [7, 11) is 0. The second kappa shape index (κ2) is 6.11. The van der Waals surface area contributed by atoms with Gasteiger partial charge in [-0.25, -0.2) is 0 Å². The second-order valence-corrected chi connectivity index (χ2v) is 4.04. The van der Waals surface area contributed by atoms with Crippen molar-refractivity contribution in [3.8, 4) is 0 Å². The van der Waals surface area contributed by atoms with Crippen molar-refractivity contribution in [1.82, 2.24) is 4.98 Å². The Bertz CT molecular complexity index is 442. The van der Waals surface area contributed by atoms with Crippen LogP contribution in [0.1, 0.15) is 0 Å². The Morgan fingerprint density at radius 1 is 0.941 bits per heavy atom. The lowest BCUT2D eigenvalue weighted by Crippen LogP contribution is -2.13. The summed E-state index contributed by atoms with van der Waals surface area (Å²) in [6.07, 6.45) is 3.57. The molecule has 0 radical (unpaired) electrons. The molecule has 0 bridgehead atoms. The normalized spacial score (nSPS) is 9.94. The van der Waals surface area contributed by atoms with Crippen LogP contribution in [0.15, 0.2) is 48.8 Å². The van der Waals surface area contributed by atoms with E-state index in [1.54, 1.807) is 6.20 Å². The number of hydrogen-bond donors (Lipinski definition) is 2. The summed E-state index contributed by atoms with van der Waals surface area (Å²) >= 11 is 5.81. The van der Waals surface area contributed by atoms with Crippen molar-refractivity contribution < 1.29 is 0 Å². The van der Waals surface area contributed by atoms with E-state index in [0.717, 1.165) is 29.5 Å². The van der Waals surface area contributed by atoms with E-state index in [-0.39, 0.29) is 0 Å². The first-order chi connectivity index (χ1) is 8.34. The molecule has 0 fully saturated rings. The van der Waals surface area contributed by atoms with Crippen LogP contribution in [0.4, 0.5) is 11.4 Å². The van der Waals surface area contributed by atoms with Crippen LogP contribution in [0.2, 0.25) is 5.02 Å². The molecule has 2 N–H and O–H groups in total. The summed E-state index contributed by atoms with van der Waals surface area (Å²) in [5.41, 5.74) is 2.10. The van der Waals surface area contributed by atoms with Crippen molar-refractivity contribution in [3.63, 3.8) is 0 Å². The molecule has 0 aliphatic carbocycles. The van der Waals surface area contributed by atoms with Gasteiger partial charge < -0.3 is 10.6 Å². The van der Waals surface area contributed by atoms with E-state index >= 15 is 0 Å². The number of aromatic nitrogens is 1. The number of nitrogens with one attached hydrogen (secondary N) is 2. The van der Waals surface area contributed by atoms with Crippen LogP contribution in [-0.4, -0.2) is 18.1 Å².